The van der Waals surface area contributed by atoms with Crippen molar-refractivity contribution in [2.24, 2.45) is 0 Å². The first-order valence-electron chi connectivity index (χ1n) is 7.30. The molecule has 0 aliphatic heterocycles. The van der Waals surface area contributed by atoms with Crippen LogP contribution in [-0.4, -0.2) is 23.9 Å². The molecule has 0 fully saturated rings. The number of carbonyl (C=O) groups excluding carboxylic acids is 3. The molecule has 0 aliphatic rings. The molecule has 136 valence electrons. The van der Waals surface area contributed by atoms with Crippen LogP contribution in [-0.2, 0) is 9.53 Å². The van der Waals surface area contributed by atoms with Gasteiger partial charge in [-0.25, -0.2) is 13.6 Å². The molecule has 2 amide bonds. The van der Waals surface area contributed by atoms with Crippen molar-refractivity contribution in [2.75, 3.05) is 0 Å². The van der Waals surface area contributed by atoms with E-state index in [9.17, 15) is 23.2 Å². The van der Waals surface area contributed by atoms with Crippen molar-refractivity contribution < 1.29 is 27.9 Å². The molecule has 2 aromatic carbocycles. The fourth-order valence-electron chi connectivity index (χ4n) is 1.84. The van der Waals surface area contributed by atoms with E-state index in [1.54, 1.807) is 18.2 Å². The normalized spacial score (nSPS) is 11.4. The van der Waals surface area contributed by atoms with Crippen molar-refractivity contribution in [3.63, 3.8) is 0 Å². The van der Waals surface area contributed by atoms with Gasteiger partial charge >= 0.3 is 5.97 Å². The highest BCUT2D eigenvalue weighted by Crippen LogP contribution is 2.21. The number of hydrogen-bond donors (Lipinski definition) is 2. The van der Waals surface area contributed by atoms with Gasteiger partial charge < -0.3 is 4.74 Å². The molecule has 0 aromatic heterocycles. The van der Waals surface area contributed by atoms with Crippen LogP contribution in [0.3, 0.4) is 0 Å². The van der Waals surface area contributed by atoms with Crippen LogP contribution >= 0.6 is 11.6 Å². The molecule has 0 aliphatic carbocycles. The van der Waals surface area contributed by atoms with E-state index < -0.39 is 41.1 Å². The maximum Gasteiger partial charge on any atom is 0.340 e. The molecule has 6 nitrogen and oxygen atoms in total. The lowest BCUT2D eigenvalue weighted by Crippen LogP contribution is -2.46. The minimum Gasteiger partial charge on any atom is -0.449 e. The lowest BCUT2D eigenvalue weighted by molar-refractivity contribution is -0.129. The maximum atomic E-state index is 13.2. The first-order chi connectivity index (χ1) is 12.3. The lowest BCUT2D eigenvalue weighted by atomic mass is 10.2. The van der Waals surface area contributed by atoms with Crippen molar-refractivity contribution in [3.8, 4) is 0 Å². The van der Waals surface area contributed by atoms with Gasteiger partial charge in [0.2, 0.25) is 0 Å². The SMILES string of the molecule is C[C@@H](OC(=O)c1cc(F)c(F)cc1Cl)C(=O)NNC(=O)c1ccccc1. The van der Waals surface area contributed by atoms with Crippen molar-refractivity contribution in [3.05, 3.63) is 70.2 Å². The van der Waals surface area contributed by atoms with Gasteiger partial charge in [0.15, 0.2) is 17.7 Å². The number of nitrogens with one attached hydrogen (secondary N) is 2. The number of rotatable bonds is 4. The molecule has 0 spiro atoms. The number of esters is 1. The Morgan fingerprint density at radius 2 is 1.65 bits per heavy atom. The molecule has 26 heavy (non-hydrogen) atoms. The van der Waals surface area contributed by atoms with Gasteiger partial charge in [0, 0.05) is 5.56 Å². The number of hydrogen-bond acceptors (Lipinski definition) is 4. The van der Waals surface area contributed by atoms with Gasteiger partial charge in [0.1, 0.15) is 0 Å². The molecule has 9 heteroatoms. The Morgan fingerprint density at radius 1 is 1.04 bits per heavy atom. The average Bonchev–Trinajstić information content (AvgIpc) is 2.62. The fraction of sp³-hybridized carbons (Fsp3) is 0.118. The van der Waals surface area contributed by atoms with E-state index in [0.717, 1.165) is 0 Å². The molecular weight excluding hydrogens is 370 g/mol. The van der Waals surface area contributed by atoms with Crippen LogP contribution in [0.25, 0.3) is 0 Å². The maximum absolute atomic E-state index is 13.2. The predicted octanol–water partition coefficient (Wildman–Crippen LogP) is 2.62. The Labute approximate surface area is 152 Å². The highest BCUT2D eigenvalue weighted by Gasteiger charge is 2.22. The Morgan fingerprint density at radius 3 is 2.31 bits per heavy atom. The third kappa shape index (κ3) is 4.76. The summed E-state index contributed by atoms with van der Waals surface area (Å²) in [5.41, 5.74) is 4.12. The highest BCUT2D eigenvalue weighted by atomic mass is 35.5. The first-order valence-corrected chi connectivity index (χ1v) is 7.68. The van der Waals surface area contributed by atoms with Crippen molar-refractivity contribution in [1.29, 1.82) is 0 Å². The Balaban J connectivity index is 1.93. The third-order valence-electron chi connectivity index (χ3n) is 3.22. The number of halogens is 3. The van der Waals surface area contributed by atoms with Crippen LogP contribution < -0.4 is 10.9 Å². The van der Waals surface area contributed by atoms with Crippen molar-refractivity contribution >= 4 is 29.4 Å². The smallest absolute Gasteiger partial charge is 0.340 e. The molecule has 2 aromatic rings. The van der Waals surface area contributed by atoms with E-state index in [-0.39, 0.29) is 5.02 Å². The summed E-state index contributed by atoms with van der Waals surface area (Å²) >= 11 is 5.66. The zero-order valence-electron chi connectivity index (χ0n) is 13.4. The number of benzene rings is 2. The third-order valence-corrected chi connectivity index (χ3v) is 3.53. The summed E-state index contributed by atoms with van der Waals surface area (Å²) in [6.07, 6.45) is -1.33. The zero-order chi connectivity index (χ0) is 19.3. The number of amides is 2. The Kier molecular flexibility index (Phi) is 6.24. The molecular formula is C17H13ClF2N2O4. The standard InChI is InChI=1S/C17H13ClF2N2O4/c1-9(15(23)21-22-16(24)10-5-3-2-4-6-10)26-17(25)11-7-13(19)14(20)8-12(11)18/h2-9H,1H3,(H,21,23)(H,22,24)/t9-/m1/s1. The molecule has 1 atom stereocenters. The topological polar surface area (TPSA) is 84.5 Å². The monoisotopic (exact) mass is 382 g/mol. The van der Waals surface area contributed by atoms with E-state index in [2.05, 4.69) is 10.9 Å². The van der Waals surface area contributed by atoms with Gasteiger partial charge in [-0.3, -0.25) is 20.4 Å². The summed E-state index contributed by atoms with van der Waals surface area (Å²) in [6, 6.07) is 9.28. The molecule has 2 N–H and O–H groups in total. The van der Waals surface area contributed by atoms with Crippen LogP contribution in [0.15, 0.2) is 42.5 Å². The second-order valence-electron chi connectivity index (χ2n) is 5.10. The largest absolute Gasteiger partial charge is 0.449 e. The summed E-state index contributed by atoms with van der Waals surface area (Å²) < 4.78 is 31.1. The van der Waals surface area contributed by atoms with E-state index in [1.807, 2.05) is 0 Å². The van der Waals surface area contributed by atoms with Crippen molar-refractivity contribution in [2.45, 2.75) is 13.0 Å². The Bertz CT molecular complexity index is 846. The highest BCUT2D eigenvalue weighted by molar-refractivity contribution is 6.33. The molecule has 0 radical (unpaired) electrons. The minimum absolute atomic E-state index is 0.311. The van der Waals surface area contributed by atoms with Gasteiger partial charge in [-0.15, -0.1) is 0 Å². The summed E-state index contributed by atoms with van der Waals surface area (Å²) in [5, 5.41) is -0.362. The summed E-state index contributed by atoms with van der Waals surface area (Å²) in [7, 11) is 0. The number of ether oxygens (including phenoxy) is 1. The second kappa shape index (κ2) is 8.39. The number of carbonyl (C=O) groups is 3. The van der Waals surface area contributed by atoms with Crippen LogP contribution in [0.2, 0.25) is 5.02 Å². The molecule has 2 rings (SSSR count). The quantitative estimate of drug-likeness (QED) is 0.483. The molecule has 0 unspecified atom stereocenters. The molecule has 0 heterocycles. The number of hydrazine groups is 1. The Hall–Kier alpha value is -3.00. The van der Waals surface area contributed by atoms with Crippen LogP contribution in [0.1, 0.15) is 27.6 Å². The van der Waals surface area contributed by atoms with E-state index in [1.165, 1.54) is 19.1 Å². The molecule has 0 saturated heterocycles. The molecule has 0 saturated carbocycles. The fourth-order valence-corrected chi connectivity index (χ4v) is 2.07. The second-order valence-corrected chi connectivity index (χ2v) is 5.51. The lowest BCUT2D eigenvalue weighted by Gasteiger charge is -2.14. The van der Waals surface area contributed by atoms with Crippen molar-refractivity contribution in [1.82, 2.24) is 10.9 Å². The van der Waals surface area contributed by atoms with E-state index >= 15 is 0 Å². The first kappa shape index (κ1) is 19.3. The predicted molar refractivity (Wildman–Crippen MR) is 88.3 cm³/mol. The van der Waals surface area contributed by atoms with E-state index in [4.69, 9.17) is 16.3 Å². The van der Waals surface area contributed by atoms with Gasteiger partial charge in [-0.1, -0.05) is 29.8 Å². The van der Waals surface area contributed by atoms with Gasteiger partial charge in [-0.05, 0) is 31.2 Å². The van der Waals surface area contributed by atoms with Gasteiger partial charge in [0.25, 0.3) is 11.8 Å². The van der Waals surface area contributed by atoms with Gasteiger partial charge in [-0.2, -0.15) is 0 Å². The van der Waals surface area contributed by atoms with Crippen LogP contribution in [0, 0.1) is 11.6 Å². The summed E-state index contributed by atoms with van der Waals surface area (Å²) in [5.74, 6) is -5.03. The summed E-state index contributed by atoms with van der Waals surface area (Å²) in [4.78, 5) is 35.6. The van der Waals surface area contributed by atoms with Crippen LogP contribution in [0.5, 0.6) is 0 Å². The zero-order valence-corrected chi connectivity index (χ0v) is 14.1. The minimum atomic E-state index is -1.33. The average molecular weight is 383 g/mol. The molecule has 0 bridgehead atoms. The van der Waals surface area contributed by atoms with Gasteiger partial charge in [0.05, 0.1) is 10.6 Å². The van der Waals surface area contributed by atoms with E-state index in [0.29, 0.717) is 17.7 Å². The summed E-state index contributed by atoms with van der Waals surface area (Å²) in [6.45, 7) is 1.23. The van der Waals surface area contributed by atoms with Crippen LogP contribution in [0.4, 0.5) is 8.78 Å².